The highest BCUT2D eigenvalue weighted by Gasteiger charge is 2.31. The van der Waals surface area contributed by atoms with Crippen molar-refractivity contribution in [2.45, 2.75) is 40.8 Å². The first kappa shape index (κ1) is 27.0. The van der Waals surface area contributed by atoms with Gasteiger partial charge in [0, 0.05) is 33.9 Å². The number of aryl methyl sites for hydroxylation is 5. The number of benzene rings is 5. The lowest BCUT2D eigenvalue weighted by Gasteiger charge is -2.19. The quantitative estimate of drug-likeness (QED) is 0.198. The van der Waals surface area contributed by atoms with Crippen LogP contribution in [-0.2, 0) is 6.18 Å². The SMILES string of the molecule is Cc1cc(-c2cc(-c3nc(C)cc(C)n3)c3ccc4c(-c5nc(C)cc(C)n5)ccc5ccc2c3c54)cc(C(F)(F)F)c1. The zero-order chi connectivity index (χ0) is 30.2. The lowest BCUT2D eigenvalue weighted by molar-refractivity contribution is -0.137. The van der Waals surface area contributed by atoms with Gasteiger partial charge in [-0.1, -0.05) is 36.4 Å². The second-order valence-corrected chi connectivity index (χ2v) is 11.4. The van der Waals surface area contributed by atoms with Crippen LogP contribution in [0.3, 0.4) is 0 Å². The molecule has 2 aromatic heterocycles. The van der Waals surface area contributed by atoms with E-state index in [2.05, 4.69) is 18.2 Å². The Bertz CT molecular complexity index is 2190. The van der Waals surface area contributed by atoms with Gasteiger partial charge in [0.1, 0.15) is 0 Å². The molecule has 0 aliphatic rings. The minimum Gasteiger partial charge on any atom is -0.233 e. The number of hydrogen-bond donors (Lipinski definition) is 0. The molecule has 2 heterocycles. The van der Waals surface area contributed by atoms with E-state index in [0.717, 1.165) is 66.2 Å². The summed E-state index contributed by atoms with van der Waals surface area (Å²) >= 11 is 0. The van der Waals surface area contributed by atoms with Crippen LogP contribution in [0, 0.1) is 34.6 Å². The van der Waals surface area contributed by atoms with Crippen molar-refractivity contribution in [2.75, 3.05) is 0 Å². The van der Waals surface area contributed by atoms with Crippen LogP contribution < -0.4 is 0 Å². The predicted molar refractivity (Wildman–Crippen MR) is 166 cm³/mol. The van der Waals surface area contributed by atoms with E-state index in [1.54, 1.807) is 6.92 Å². The highest BCUT2D eigenvalue weighted by atomic mass is 19.4. The molecule has 4 nitrogen and oxygen atoms in total. The number of hydrogen-bond acceptors (Lipinski definition) is 4. The Labute approximate surface area is 246 Å². The third-order valence-electron chi connectivity index (χ3n) is 7.94. The fraction of sp³-hybridized carbons (Fsp3) is 0.167. The Morgan fingerprint density at radius 1 is 0.488 bits per heavy atom. The van der Waals surface area contributed by atoms with E-state index in [9.17, 15) is 13.2 Å². The Balaban J connectivity index is 1.64. The fourth-order valence-electron chi connectivity index (χ4n) is 6.31. The molecule has 0 saturated heterocycles. The summed E-state index contributed by atoms with van der Waals surface area (Å²) in [6, 6.07) is 22.3. The number of alkyl halides is 3. The second-order valence-electron chi connectivity index (χ2n) is 11.4. The average molecular weight is 573 g/mol. The molecule has 7 aromatic rings. The molecule has 0 spiro atoms. The zero-order valence-corrected chi connectivity index (χ0v) is 24.4. The van der Waals surface area contributed by atoms with Crippen molar-refractivity contribution in [3.63, 3.8) is 0 Å². The molecule has 7 heteroatoms. The van der Waals surface area contributed by atoms with Crippen LogP contribution in [-0.4, -0.2) is 19.9 Å². The van der Waals surface area contributed by atoms with Gasteiger partial charge in [0.05, 0.1) is 5.56 Å². The molecule has 0 unspecified atom stereocenters. The van der Waals surface area contributed by atoms with E-state index < -0.39 is 11.7 Å². The van der Waals surface area contributed by atoms with Crippen molar-refractivity contribution >= 4 is 32.3 Å². The predicted octanol–water partition coefficient (Wildman–Crippen LogP) is 9.73. The van der Waals surface area contributed by atoms with Gasteiger partial charge in [-0.25, -0.2) is 19.9 Å². The summed E-state index contributed by atoms with van der Waals surface area (Å²) in [4.78, 5) is 19.0. The van der Waals surface area contributed by atoms with Gasteiger partial charge in [0.15, 0.2) is 11.6 Å². The molecule has 0 aliphatic carbocycles. The van der Waals surface area contributed by atoms with Gasteiger partial charge < -0.3 is 0 Å². The molecule has 0 bridgehead atoms. The molecular weight excluding hydrogens is 545 g/mol. The molecule has 0 fully saturated rings. The molecule has 0 radical (unpaired) electrons. The highest BCUT2D eigenvalue weighted by Crippen LogP contribution is 2.46. The lowest BCUT2D eigenvalue weighted by Crippen LogP contribution is -2.05. The fourth-order valence-corrected chi connectivity index (χ4v) is 6.31. The van der Waals surface area contributed by atoms with Crippen LogP contribution in [0.1, 0.15) is 33.9 Å². The normalized spacial score (nSPS) is 12.2. The van der Waals surface area contributed by atoms with Gasteiger partial charge in [-0.3, -0.25) is 0 Å². The van der Waals surface area contributed by atoms with Gasteiger partial charge in [0.25, 0.3) is 0 Å². The van der Waals surface area contributed by atoms with Crippen LogP contribution in [0.4, 0.5) is 13.2 Å². The first-order valence-corrected chi connectivity index (χ1v) is 14.1. The summed E-state index contributed by atoms with van der Waals surface area (Å²) in [5.74, 6) is 1.18. The van der Waals surface area contributed by atoms with Gasteiger partial charge in [-0.2, -0.15) is 13.2 Å². The number of halogens is 3. The van der Waals surface area contributed by atoms with E-state index in [1.165, 1.54) is 12.1 Å². The largest absolute Gasteiger partial charge is 0.416 e. The maximum absolute atomic E-state index is 14.0. The van der Waals surface area contributed by atoms with Crippen LogP contribution in [0.15, 0.2) is 72.8 Å². The van der Waals surface area contributed by atoms with Crippen molar-refractivity contribution in [3.8, 4) is 33.9 Å². The monoisotopic (exact) mass is 572 g/mol. The molecule has 0 atom stereocenters. The number of aromatic nitrogens is 4. The van der Waals surface area contributed by atoms with Crippen LogP contribution in [0.5, 0.6) is 0 Å². The van der Waals surface area contributed by atoms with Crippen molar-refractivity contribution in [2.24, 2.45) is 0 Å². The van der Waals surface area contributed by atoms with E-state index in [-0.39, 0.29) is 0 Å². The van der Waals surface area contributed by atoms with Crippen molar-refractivity contribution in [1.29, 1.82) is 0 Å². The summed E-state index contributed by atoms with van der Waals surface area (Å²) in [7, 11) is 0. The first-order chi connectivity index (χ1) is 20.5. The Morgan fingerprint density at radius 3 is 1.60 bits per heavy atom. The number of rotatable bonds is 3. The molecule has 212 valence electrons. The van der Waals surface area contributed by atoms with E-state index in [0.29, 0.717) is 28.3 Å². The third kappa shape index (κ3) is 4.56. The number of nitrogens with zero attached hydrogens (tertiary/aromatic N) is 4. The summed E-state index contributed by atoms with van der Waals surface area (Å²) in [5.41, 5.74) is 6.12. The van der Waals surface area contributed by atoms with Crippen LogP contribution in [0.25, 0.3) is 66.2 Å². The van der Waals surface area contributed by atoms with Gasteiger partial charge in [0.2, 0.25) is 0 Å². The summed E-state index contributed by atoms with van der Waals surface area (Å²) in [5, 5.41) is 5.75. The average Bonchev–Trinajstić information content (AvgIpc) is 2.93. The minimum absolute atomic E-state index is 0.494. The van der Waals surface area contributed by atoms with Gasteiger partial charge in [-0.05, 0) is 120 Å². The molecule has 0 saturated carbocycles. The van der Waals surface area contributed by atoms with Crippen molar-refractivity contribution in [3.05, 3.63) is 107 Å². The van der Waals surface area contributed by atoms with E-state index in [1.807, 2.05) is 70.2 Å². The zero-order valence-electron chi connectivity index (χ0n) is 24.4. The smallest absolute Gasteiger partial charge is 0.233 e. The molecule has 0 N–H and O–H groups in total. The Hall–Kier alpha value is -4.91. The maximum atomic E-state index is 14.0. The van der Waals surface area contributed by atoms with Crippen molar-refractivity contribution in [1.82, 2.24) is 19.9 Å². The summed E-state index contributed by atoms with van der Waals surface area (Å²) < 4.78 is 41.9. The van der Waals surface area contributed by atoms with Crippen LogP contribution in [0.2, 0.25) is 0 Å². The first-order valence-electron chi connectivity index (χ1n) is 14.1. The molecule has 7 rings (SSSR count). The maximum Gasteiger partial charge on any atom is 0.416 e. The summed E-state index contributed by atoms with van der Waals surface area (Å²) in [6.07, 6.45) is -4.47. The minimum atomic E-state index is -4.47. The lowest BCUT2D eigenvalue weighted by atomic mass is 9.85. The summed E-state index contributed by atoms with van der Waals surface area (Å²) in [6.45, 7) is 9.43. The van der Waals surface area contributed by atoms with Gasteiger partial charge >= 0.3 is 6.18 Å². The molecular formula is C36H27F3N4. The molecule has 43 heavy (non-hydrogen) atoms. The van der Waals surface area contributed by atoms with E-state index in [4.69, 9.17) is 19.9 Å². The van der Waals surface area contributed by atoms with Crippen LogP contribution >= 0.6 is 0 Å². The third-order valence-corrected chi connectivity index (χ3v) is 7.94. The molecule has 0 aliphatic heterocycles. The second kappa shape index (κ2) is 9.56. The highest BCUT2D eigenvalue weighted by molar-refractivity contribution is 6.29. The topological polar surface area (TPSA) is 51.6 Å². The van der Waals surface area contributed by atoms with Gasteiger partial charge in [-0.15, -0.1) is 0 Å². The van der Waals surface area contributed by atoms with Crippen molar-refractivity contribution < 1.29 is 13.2 Å². The molecule has 5 aromatic carbocycles. The Kier molecular flexibility index (Phi) is 5.99. The standard InChI is InChI=1S/C36H27F3N4/c1-18-12-24(16-25(13-18)36(37,38)39)30-17-31(35-42-21(4)15-22(5)43-35)28-11-10-26-29(34-40-19(2)14-20(3)41-34)9-7-23-6-8-27(30)33(28)32(23)26/h6-17H,1-5H3. The van der Waals surface area contributed by atoms with E-state index >= 15 is 0 Å². The Morgan fingerprint density at radius 2 is 1.00 bits per heavy atom. The molecule has 0 amide bonds.